The first kappa shape index (κ1) is 109. The van der Waals surface area contributed by atoms with E-state index >= 15 is 0 Å². The van der Waals surface area contributed by atoms with E-state index in [4.69, 9.17) is 100 Å². The van der Waals surface area contributed by atoms with Crippen molar-refractivity contribution in [3.05, 3.63) is 418 Å². The summed E-state index contributed by atoms with van der Waals surface area (Å²) < 4.78 is 90.1. The highest BCUT2D eigenvalue weighted by molar-refractivity contribution is 6.33. The van der Waals surface area contributed by atoms with Gasteiger partial charge in [-0.25, -0.2) is 66.1 Å². The van der Waals surface area contributed by atoms with Crippen LogP contribution in [0, 0.1) is 29.1 Å². The Morgan fingerprint density at radius 1 is 0.351 bits per heavy atom. The zero-order valence-electron chi connectivity index (χ0n) is 82.8. The van der Waals surface area contributed by atoms with E-state index in [9.17, 15) is 46.2 Å². The highest BCUT2D eigenvalue weighted by atomic mass is 35.5. The monoisotopic (exact) mass is 2140 g/mol. The molecule has 14 aromatic rings. The molecule has 5 aliphatic heterocycles. The lowest BCUT2D eigenvalue weighted by Crippen LogP contribution is -2.58. The third kappa shape index (κ3) is 25.2. The Labute approximate surface area is 892 Å². The van der Waals surface area contributed by atoms with Gasteiger partial charge in [-0.2, -0.15) is 0 Å². The molecule has 9 aromatic carbocycles. The van der Waals surface area contributed by atoms with Gasteiger partial charge in [0.15, 0.2) is 0 Å². The number of rotatable bonds is 22. The number of pyridine rings is 5. The normalized spacial score (nSPS) is 18.6. The Kier molecular flexibility index (Phi) is 34.5. The fraction of sp³-hybridized carbons (Fsp3) is 0.256. The molecule has 4 unspecified atom stereocenters. The van der Waals surface area contributed by atoms with E-state index in [1.807, 2.05) is 224 Å². The SMILES string of the molecule is C=C(C)c1cc(C2(C)CCN2C(=O)OCc2ccccc2)cc(-c2ccc(F)c(Cl)c2)n1.C=C(C)c1cc([C@@]2(C)CCN2C(=O)OCc2ccccc2)cc(-c2ccc(F)c(Cl)c2)n1.CC1(c2cc(Cl)nc(-c3ccc(F)c(Cl)c3)c2)CCN1.CC1(c2cc(Cl)nc(-c3ccc(F)c(Cl)c3)c2)CCN1C(=O)OCc1ccccc1.CCC(C)(O)c1cc([C@@]2(C)CCN2C(=O)OCc2ccccc2)cc(-c2ccc(F)c(Cl)c2)n1. The number of ether oxygens (including phenoxy) is 4. The van der Waals surface area contributed by atoms with Gasteiger partial charge >= 0.3 is 24.4 Å². The predicted octanol–water partition coefficient (Wildman–Crippen LogP) is 30.9. The summed E-state index contributed by atoms with van der Waals surface area (Å²) in [4.78, 5) is 80.9. The largest absolute Gasteiger partial charge is 0.445 e. The first-order chi connectivity index (χ1) is 70.5. The van der Waals surface area contributed by atoms with Gasteiger partial charge < -0.3 is 29.4 Å². The van der Waals surface area contributed by atoms with Gasteiger partial charge in [0.2, 0.25) is 0 Å². The Morgan fingerprint density at radius 2 is 0.595 bits per heavy atom. The van der Waals surface area contributed by atoms with Crippen molar-refractivity contribution in [1.29, 1.82) is 0 Å². The average Bonchev–Trinajstić information content (AvgIpc) is 0.717. The summed E-state index contributed by atoms with van der Waals surface area (Å²) in [7, 11) is 0. The van der Waals surface area contributed by atoms with Crippen LogP contribution in [0.1, 0.15) is 168 Å². The zero-order chi connectivity index (χ0) is 106. The van der Waals surface area contributed by atoms with Crippen LogP contribution >= 0.6 is 81.2 Å². The van der Waals surface area contributed by atoms with Crippen LogP contribution in [0.15, 0.2) is 286 Å². The standard InChI is InChI=1S/C27H28ClFN2O3.2C26H24ClFN2O2.C23H19Cl2FN2O2.C15H13Cl2FN2/c1-4-27(3,33)24-16-20(15-23(30-24)19-10-11-22(29)21(28)14-19)26(2)12-13-31(26)25(32)34-17-18-8-6-5-7-9-18;2*1-17(2)23-14-20(15-24(29-23)19-9-10-22(28)21(27)13-19)26(3)11-12-30(26)25(31)32-16-18-7-5-4-6-8-18;1-23(9-10-28(23)22(29)30-14-15-5-3-2-4-6-15)17-12-20(27-21(25)13-17)16-7-8-19(26)18(24)11-16;1-15(4-5-19-15)10-7-13(20-14(17)8-10)9-2-3-12(18)11(16)6-9/h5-11,14-16,33H,4,12-13,17H2,1-3H3;2*4-10,13-15H,1,11-12,16H2,2-3H3;2-8,11-13H,9-10,14H2,1H3;2-3,6-8,19H,4-5H2,1H3/t26-,27?;26-;;;/m11.../s1. The molecule has 764 valence electrons. The maximum Gasteiger partial charge on any atom is 0.410 e. The number of likely N-dealkylation sites (tertiary alicyclic amines) is 4. The van der Waals surface area contributed by atoms with Crippen molar-refractivity contribution in [2.45, 2.75) is 161 Å². The number of aromatic nitrogens is 5. The van der Waals surface area contributed by atoms with E-state index in [0.29, 0.717) is 106 Å². The molecule has 4 amide bonds. The van der Waals surface area contributed by atoms with E-state index in [0.717, 1.165) is 105 Å². The Balaban J connectivity index is 0.000000140. The number of hydrogen-bond acceptors (Lipinski definition) is 15. The van der Waals surface area contributed by atoms with Crippen molar-refractivity contribution < 1.29 is 65.2 Å². The maximum atomic E-state index is 13.8. The van der Waals surface area contributed by atoms with Crippen molar-refractivity contribution in [3.8, 4) is 56.3 Å². The molecule has 5 saturated heterocycles. The number of nitrogens with one attached hydrogen (secondary N) is 1. The Hall–Kier alpha value is -13.1. The molecule has 5 fully saturated rings. The number of nitrogens with zero attached hydrogens (tertiary/aromatic N) is 9. The molecule has 19 rings (SSSR count). The van der Waals surface area contributed by atoms with Gasteiger partial charge in [0.05, 0.1) is 92.8 Å². The molecule has 6 atom stereocenters. The minimum Gasteiger partial charge on any atom is -0.445 e. The second-order valence-electron chi connectivity index (χ2n) is 38.2. The second kappa shape index (κ2) is 46.8. The summed E-state index contributed by atoms with van der Waals surface area (Å²) in [5.41, 5.74) is 14.8. The summed E-state index contributed by atoms with van der Waals surface area (Å²) >= 11 is 42.1. The highest BCUT2D eigenvalue weighted by Gasteiger charge is 2.51. The van der Waals surface area contributed by atoms with E-state index in [1.54, 1.807) is 81.1 Å². The minimum atomic E-state index is -1.17. The number of allylic oxidation sites excluding steroid dienone is 2. The zero-order valence-corrected chi connectivity index (χ0v) is 88.1. The third-order valence-corrected chi connectivity index (χ3v) is 29.7. The van der Waals surface area contributed by atoms with Crippen LogP contribution in [0.4, 0.5) is 41.1 Å². The number of halogens is 12. The highest BCUT2D eigenvalue weighted by Crippen LogP contribution is 2.49. The van der Waals surface area contributed by atoms with E-state index in [-0.39, 0.29) is 80.5 Å². The molecule has 148 heavy (non-hydrogen) atoms. The molecule has 0 aliphatic carbocycles. The first-order valence-electron chi connectivity index (χ1n) is 48.0. The van der Waals surface area contributed by atoms with E-state index < -0.39 is 62.9 Å². The van der Waals surface area contributed by atoms with Gasteiger partial charge in [0, 0.05) is 59.5 Å². The van der Waals surface area contributed by atoms with E-state index in [1.165, 1.54) is 42.5 Å². The number of amides is 4. The van der Waals surface area contributed by atoms with Crippen molar-refractivity contribution in [1.82, 2.24) is 49.8 Å². The fourth-order valence-electron chi connectivity index (χ4n) is 17.6. The minimum absolute atomic E-state index is 0.00511. The van der Waals surface area contributed by atoms with E-state index in [2.05, 4.69) is 50.3 Å². The quantitative estimate of drug-likeness (QED) is 0.0367. The smallest absolute Gasteiger partial charge is 0.410 e. The van der Waals surface area contributed by atoms with Crippen LogP contribution in [-0.4, -0.2) is 107 Å². The third-order valence-electron chi connectivity index (χ3n) is 27.9. The summed E-state index contributed by atoms with van der Waals surface area (Å²) in [5, 5.41) is 15.2. The number of aliphatic hydroxyl groups is 1. The van der Waals surface area contributed by atoms with Crippen molar-refractivity contribution >= 4 is 117 Å². The summed E-state index contributed by atoms with van der Waals surface area (Å²) in [6, 6.07) is 79.6. The van der Waals surface area contributed by atoms with Gasteiger partial charge in [-0.1, -0.05) is 223 Å². The van der Waals surface area contributed by atoms with Crippen LogP contribution in [0.2, 0.25) is 35.4 Å². The molecule has 0 spiro atoms. The molecule has 5 aliphatic rings. The van der Waals surface area contributed by atoms with Crippen molar-refractivity contribution in [2.75, 3.05) is 32.7 Å². The van der Waals surface area contributed by atoms with Crippen LogP contribution in [-0.2, 0) is 78.7 Å². The number of hydrogen-bond donors (Lipinski definition) is 2. The van der Waals surface area contributed by atoms with Gasteiger partial charge in [-0.15, -0.1) is 0 Å². The summed E-state index contributed by atoms with van der Waals surface area (Å²) in [6.45, 7) is 29.7. The molecule has 0 bridgehead atoms. The van der Waals surface area contributed by atoms with Crippen molar-refractivity contribution in [2.24, 2.45) is 0 Å². The Morgan fingerprint density at radius 3 is 0.831 bits per heavy atom. The Bertz CT molecular complexity index is 7110. The van der Waals surface area contributed by atoms with Gasteiger partial charge in [-0.05, 0) is 313 Å². The predicted molar refractivity (Wildman–Crippen MR) is 574 cm³/mol. The van der Waals surface area contributed by atoms with Crippen molar-refractivity contribution in [3.63, 3.8) is 0 Å². The molecular weight excluding hydrogens is 2030 g/mol. The van der Waals surface area contributed by atoms with Gasteiger partial charge in [-0.3, -0.25) is 19.6 Å². The number of benzene rings is 9. The van der Waals surface area contributed by atoms with Crippen LogP contribution < -0.4 is 5.32 Å². The molecule has 10 heterocycles. The second-order valence-corrected chi connectivity index (χ2v) is 41.0. The molecular formula is C117H108Cl7F5N10O9. The first-order valence-corrected chi connectivity index (χ1v) is 50.6. The lowest BCUT2D eigenvalue weighted by molar-refractivity contribution is -0.0107. The molecule has 0 saturated carbocycles. The lowest BCUT2D eigenvalue weighted by atomic mass is 9.79. The lowest BCUT2D eigenvalue weighted by Gasteiger charge is -2.50. The fourth-order valence-corrected chi connectivity index (χ4v) is 18.9. The molecule has 2 N–H and O–H groups in total. The molecule has 19 nitrogen and oxygen atoms in total. The number of carbonyl (C=O) groups excluding carboxylic acids is 4. The van der Waals surface area contributed by atoms with Gasteiger partial charge in [0.25, 0.3) is 0 Å². The van der Waals surface area contributed by atoms with Crippen LogP contribution in [0.25, 0.3) is 67.4 Å². The number of carbonyl (C=O) groups is 4. The van der Waals surface area contributed by atoms with Crippen LogP contribution in [0.5, 0.6) is 0 Å². The molecule has 5 aromatic heterocycles. The summed E-state index contributed by atoms with van der Waals surface area (Å²) in [6.07, 6.45) is 3.07. The van der Waals surface area contributed by atoms with Crippen LogP contribution in [0.3, 0.4) is 0 Å². The topological polar surface area (TPSA) is 215 Å². The summed E-state index contributed by atoms with van der Waals surface area (Å²) in [5.74, 6) is -2.41. The molecule has 31 heteroatoms. The molecule has 0 radical (unpaired) electrons. The van der Waals surface area contributed by atoms with Gasteiger partial charge in [0.1, 0.15) is 71.4 Å². The average molecular weight is 2140 g/mol. The maximum absolute atomic E-state index is 13.8.